The Bertz CT molecular complexity index is 989. The van der Waals surface area contributed by atoms with Crippen molar-refractivity contribution in [2.45, 2.75) is 64.6 Å². The molecule has 0 aliphatic carbocycles. The molecule has 1 heterocycles. The van der Waals surface area contributed by atoms with Crippen LogP contribution in [0.4, 0.5) is 0 Å². The van der Waals surface area contributed by atoms with Crippen LogP contribution in [0.15, 0.2) is 66.4 Å². The summed E-state index contributed by atoms with van der Waals surface area (Å²) in [4.78, 5) is 26.7. The van der Waals surface area contributed by atoms with Crippen molar-refractivity contribution in [1.29, 1.82) is 0 Å². The molecule has 3 nitrogen and oxygen atoms in total. The Morgan fingerprint density at radius 3 is 1.75 bits per heavy atom. The lowest BCUT2D eigenvalue weighted by Crippen LogP contribution is -2.45. The second kappa shape index (κ2) is 9.85. The fourth-order valence-electron chi connectivity index (χ4n) is 5.74. The SMILES string of the molecule is CC(C)[Si](C(=C=CCCN1C(=O)c2ccccc2C1=O)c1ccccc1)(C(C)C)C(C)C. The maximum Gasteiger partial charge on any atom is 0.261 e. The highest BCUT2D eigenvalue weighted by Crippen LogP contribution is 2.49. The fourth-order valence-corrected chi connectivity index (χ4v) is 12.5. The molecule has 0 atom stereocenters. The zero-order valence-corrected chi connectivity index (χ0v) is 21.2. The molecule has 168 valence electrons. The Morgan fingerprint density at radius 1 is 0.812 bits per heavy atom. The number of carbonyl (C=O) groups is 2. The van der Waals surface area contributed by atoms with E-state index in [0.717, 1.165) is 0 Å². The number of rotatable bonds is 8. The first-order chi connectivity index (χ1) is 15.2. The molecule has 2 amide bonds. The zero-order chi connectivity index (χ0) is 23.5. The number of carbonyl (C=O) groups excluding carboxylic acids is 2. The summed E-state index contributed by atoms with van der Waals surface area (Å²) in [5.74, 6) is -0.386. The molecule has 0 saturated heterocycles. The summed E-state index contributed by atoms with van der Waals surface area (Å²) in [6.45, 7) is 14.5. The molecule has 1 aliphatic rings. The largest absolute Gasteiger partial charge is 0.274 e. The van der Waals surface area contributed by atoms with Crippen LogP contribution in [0.5, 0.6) is 0 Å². The molecule has 4 heteroatoms. The maximum absolute atomic E-state index is 12.7. The molecule has 0 unspecified atom stereocenters. The van der Waals surface area contributed by atoms with Crippen LogP contribution in [0.2, 0.25) is 16.6 Å². The Labute approximate surface area is 193 Å². The van der Waals surface area contributed by atoms with E-state index in [0.29, 0.717) is 40.7 Å². The van der Waals surface area contributed by atoms with Crippen molar-refractivity contribution in [3.63, 3.8) is 0 Å². The van der Waals surface area contributed by atoms with Crippen molar-refractivity contribution >= 4 is 25.1 Å². The van der Waals surface area contributed by atoms with E-state index >= 15 is 0 Å². The second-order valence-electron chi connectivity index (χ2n) is 9.58. The van der Waals surface area contributed by atoms with Crippen LogP contribution in [-0.2, 0) is 0 Å². The van der Waals surface area contributed by atoms with Crippen molar-refractivity contribution < 1.29 is 9.59 Å². The van der Waals surface area contributed by atoms with Crippen LogP contribution >= 0.6 is 0 Å². The molecule has 1 aliphatic heterocycles. The average Bonchev–Trinajstić information content (AvgIpc) is 3.00. The van der Waals surface area contributed by atoms with Crippen LogP contribution in [-0.4, -0.2) is 31.3 Å². The van der Waals surface area contributed by atoms with Gasteiger partial charge in [-0.3, -0.25) is 14.5 Å². The van der Waals surface area contributed by atoms with Gasteiger partial charge >= 0.3 is 0 Å². The lowest BCUT2D eigenvalue weighted by molar-refractivity contribution is 0.0657. The molecule has 2 aromatic rings. The van der Waals surface area contributed by atoms with Crippen molar-refractivity contribution in [2.75, 3.05) is 6.54 Å². The number of imide groups is 1. The standard InChI is InChI=1S/C28H35NO2Si/c1-20(2)32(21(3)4,22(5)6)26(23-14-8-7-9-15-23)18-12-13-19-29-27(30)24-16-10-11-17-25(24)28(29)31/h7-12,14-17,20-22H,13,19H2,1-6H3. The van der Waals surface area contributed by atoms with Gasteiger partial charge in [0.15, 0.2) is 0 Å². The summed E-state index contributed by atoms with van der Waals surface area (Å²) in [5, 5.41) is 1.35. The highest BCUT2D eigenvalue weighted by molar-refractivity contribution is 6.99. The molecule has 0 bridgehead atoms. The summed E-state index contributed by atoms with van der Waals surface area (Å²) < 4.78 is 0. The topological polar surface area (TPSA) is 37.4 Å². The minimum absolute atomic E-state index is 0.193. The molecule has 0 fully saturated rings. The predicted octanol–water partition coefficient (Wildman–Crippen LogP) is 7.13. The number of benzene rings is 2. The number of amides is 2. The average molecular weight is 446 g/mol. The zero-order valence-electron chi connectivity index (χ0n) is 20.2. The van der Waals surface area contributed by atoms with Gasteiger partial charge in [0, 0.05) is 6.54 Å². The Kier molecular flexibility index (Phi) is 7.38. The minimum atomic E-state index is -1.93. The summed E-state index contributed by atoms with van der Waals surface area (Å²) in [6.07, 6.45) is 2.64. The third-order valence-electron chi connectivity index (χ3n) is 6.98. The molecular weight excluding hydrogens is 410 g/mol. The van der Waals surface area contributed by atoms with Gasteiger partial charge < -0.3 is 0 Å². The first-order valence-corrected chi connectivity index (χ1v) is 13.9. The van der Waals surface area contributed by atoms with Crippen molar-refractivity contribution in [3.05, 3.63) is 83.1 Å². The monoisotopic (exact) mass is 445 g/mol. The minimum Gasteiger partial charge on any atom is -0.274 e. The third-order valence-corrected chi connectivity index (χ3v) is 14.0. The van der Waals surface area contributed by atoms with E-state index in [-0.39, 0.29) is 11.8 Å². The van der Waals surface area contributed by atoms with E-state index in [1.165, 1.54) is 15.7 Å². The first kappa shape index (κ1) is 24.0. The van der Waals surface area contributed by atoms with Crippen LogP contribution < -0.4 is 0 Å². The van der Waals surface area contributed by atoms with E-state index in [9.17, 15) is 9.59 Å². The lowest BCUT2D eigenvalue weighted by atomic mass is 10.1. The van der Waals surface area contributed by atoms with E-state index in [2.05, 4.69) is 77.6 Å². The number of nitrogens with zero attached hydrogens (tertiary/aromatic N) is 1. The van der Waals surface area contributed by atoms with Crippen LogP contribution in [0.3, 0.4) is 0 Å². The predicted molar refractivity (Wildman–Crippen MR) is 135 cm³/mol. The highest BCUT2D eigenvalue weighted by atomic mass is 28.3. The number of hydrogen-bond acceptors (Lipinski definition) is 2. The summed E-state index contributed by atoms with van der Waals surface area (Å²) in [5.41, 5.74) is 7.65. The molecule has 2 aromatic carbocycles. The maximum atomic E-state index is 12.7. The van der Waals surface area contributed by atoms with Gasteiger partial charge in [-0.25, -0.2) is 0 Å². The van der Waals surface area contributed by atoms with Gasteiger partial charge in [-0.05, 0) is 52.0 Å². The highest BCUT2D eigenvalue weighted by Gasteiger charge is 2.46. The fraction of sp³-hybridized carbons (Fsp3) is 0.393. The number of fused-ring (bicyclic) bond motifs is 1. The van der Waals surface area contributed by atoms with Crippen LogP contribution in [0.25, 0.3) is 5.20 Å². The van der Waals surface area contributed by atoms with E-state index in [4.69, 9.17) is 0 Å². The van der Waals surface area contributed by atoms with Crippen molar-refractivity contribution in [1.82, 2.24) is 4.90 Å². The molecule has 3 rings (SSSR count). The van der Waals surface area contributed by atoms with Gasteiger partial charge in [0.05, 0.1) is 11.1 Å². The normalized spacial score (nSPS) is 13.7. The van der Waals surface area contributed by atoms with Gasteiger partial charge in [-0.2, -0.15) is 0 Å². The molecule has 0 radical (unpaired) electrons. The Morgan fingerprint density at radius 2 is 1.28 bits per heavy atom. The third kappa shape index (κ3) is 4.17. The van der Waals surface area contributed by atoms with E-state index in [1.54, 1.807) is 24.3 Å². The summed E-state index contributed by atoms with van der Waals surface area (Å²) >= 11 is 0. The van der Waals surface area contributed by atoms with Crippen LogP contribution in [0.1, 0.15) is 74.2 Å². The molecule has 0 spiro atoms. The first-order valence-electron chi connectivity index (χ1n) is 11.7. The summed E-state index contributed by atoms with van der Waals surface area (Å²) in [6, 6.07) is 17.7. The molecule has 32 heavy (non-hydrogen) atoms. The van der Waals surface area contributed by atoms with Crippen molar-refractivity contribution in [2.24, 2.45) is 0 Å². The van der Waals surface area contributed by atoms with Gasteiger partial charge in [0.25, 0.3) is 11.8 Å². The van der Waals surface area contributed by atoms with Gasteiger partial charge in [0.2, 0.25) is 0 Å². The van der Waals surface area contributed by atoms with E-state index < -0.39 is 8.07 Å². The Balaban J connectivity index is 1.95. The molecule has 0 aromatic heterocycles. The summed E-state index contributed by atoms with van der Waals surface area (Å²) in [7, 11) is -1.93. The van der Waals surface area contributed by atoms with Gasteiger partial charge in [-0.1, -0.05) is 84.0 Å². The molecular formula is C28H35NO2Si. The molecule has 0 saturated carbocycles. The van der Waals surface area contributed by atoms with Crippen molar-refractivity contribution in [3.8, 4) is 0 Å². The molecule has 0 N–H and O–H groups in total. The van der Waals surface area contributed by atoms with Gasteiger partial charge in [0.1, 0.15) is 8.07 Å². The quantitative estimate of drug-likeness (QED) is 0.246. The smallest absolute Gasteiger partial charge is 0.261 e. The Hall–Kier alpha value is -2.68. The van der Waals surface area contributed by atoms with E-state index in [1.807, 2.05) is 6.08 Å². The number of hydrogen-bond donors (Lipinski definition) is 0. The lowest BCUT2D eigenvalue weighted by Gasteiger charge is -2.44. The van der Waals surface area contributed by atoms with Crippen LogP contribution in [0, 0.1) is 0 Å². The second-order valence-corrected chi connectivity index (χ2v) is 15.4. The van der Waals surface area contributed by atoms with Gasteiger partial charge in [-0.15, -0.1) is 5.73 Å².